The average molecular weight is 411 g/mol. The van der Waals surface area contributed by atoms with E-state index in [1.807, 2.05) is 18.2 Å². The Morgan fingerprint density at radius 1 is 1.22 bits per heavy atom. The van der Waals surface area contributed by atoms with Gasteiger partial charge in [0.2, 0.25) is 5.91 Å². The zero-order valence-corrected chi connectivity index (χ0v) is 15.7. The molecule has 0 aliphatic rings. The minimum atomic E-state index is -0.674. The highest BCUT2D eigenvalue weighted by molar-refractivity contribution is 9.10. The zero-order valence-electron chi connectivity index (χ0n) is 12.6. The largest absolute Gasteiger partial charge is 0.278 e. The van der Waals surface area contributed by atoms with Crippen LogP contribution in [0, 0.1) is 11.8 Å². The van der Waals surface area contributed by atoms with Gasteiger partial charge in [0.25, 0.3) is 0 Å². The molecule has 0 saturated heterocycles. The van der Waals surface area contributed by atoms with Crippen molar-refractivity contribution in [3.05, 3.63) is 57.5 Å². The molecule has 0 aromatic heterocycles. The van der Waals surface area contributed by atoms with Gasteiger partial charge in [-0.15, -0.1) is 17.5 Å². The number of rotatable bonds is 3. The summed E-state index contributed by atoms with van der Waals surface area (Å²) in [7, 11) is 0. The van der Waals surface area contributed by atoms with Crippen LogP contribution in [-0.2, 0) is 4.79 Å². The third kappa shape index (κ3) is 4.29. The van der Waals surface area contributed by atoms with Crippen LogP contribution >= 0.6 is 39.1 Å². The molecule has 0 spiro atoms. The molecule has 0 bridgehead atoms. The quantitative estimate of drug-likeness (QED) is 0.464. The maximum Gasteiger partial charge on any atom is 0.249 e. The summed E-state index contributed by atoms with van der Waals surface area (Å²) in [5.41, 5.74) is 2.11. The van der Waals surface area contributed by atoms with Crippen LogP contribution in [0.3, 0.4) is 0 Å². The molecule has 1 atom stereocenters. The van der Waals surface area contributed by atoms with Crippen molar-refractivity contribution in [1.29, 1.82) is 0 Å². The molecule has 0 saturated carbocycles. The molecular weight excluding hydrogens is 397 g/mol. The van der Waals surface area contributed by atoms with Crippen LogP contribution in [0.25, 0.3) is 0 Å². The third-order valence-electron chi connectivity index (χ3n) is 3.11. The molecular formula is C18H14BrCl2NO. The molecule has 0 aliphatic heterocycles. The van der Waals surface area contributed by atoms with Crippen molar-refractivity contribution in [3.63, 3.8) is 0 Å². The van der Waals surface area contributed by atoms with Gasteiger partial charge in [-0.1, -0.05) is 33.5 Å². The number of anilines is 2. The highest BCUT2D eigenvalue weighted by Crippen LogP contribution is 2.33. The summed E-state index contributed by atoms with van der Waals surface area (Å²) in [6, 6.07) is 12.6. The second-order valence-corrected chi connectivity index (χ2v) is 6.81. The van der Waals surface area contributed by atoms with Gasteiger partial charge in [0.05, 0.1) is 5.69 Å². The lowest BCUT2D eigenvalue weighted by atomic mass is 10.1. The summed E-state index contributed by atoms with van der Waals surface area (Å²) in [5, 5.41) is -0.0741. The maximum absolute atomic E-state index is 12.7. The molecule has 0 radical (unpaired) electrons. The lowest BCUT2D eigenvalue weighted by Crippen LogP contribution is -2.32. The van der Waals surface area contributed by atoms with Crippen LogP contribution in [0.1, 0.15) is 19.4 Å². The molecule has 2 rings (SSSR count). The molecule has 1 unspecified atom stereocenters. The van der Waals surface area contributed by atoms with E-state index in [1.165, 1.54) is 0 Å². The topological polar surface area (TPSA) is 20.3 Å². The smallest absolute Gasteiger partial charge is 0.249 e. The standard InChI is InChI=1S/C18H14BrCl2NO/c1-3-4-13-5-6-14(19)11-17(13)22(18(23)12(2)20)16-9-7-15(21)8-10-16/h5-12H,1-2H3. The Morgan fingerprint density at radius 3 is 2.43 bits per heavy atom. The Bertz CT molecular complexity index is 776. The first-order valence-electron chi connectivity index (χ1n) is 6.90. The minimum absolute atomic E-state index is 0.230. The monoisotopic (exact) mass is 409 g/mol. The van der Waals surface area contributed by atoms with Crippen molar-refractivity contribution < 1.29 is 4.79 Å². The van der Waals surface area contributed by atoms with Crippen LogP contribution in [0.15, 0.2) is 46.9 Å². The number of carbonyl (C=O) groups is 1. The van der Waals surface area contributed by atoms with Crippen molar-refractivity contribution in [3.8, 4) is 11.8 Å². The van der Waals surface area contributed by atoms with Crippen LogP contribution < -0.4 is 4.90 Å². The van der Waals surface area contributed by atoms with Gasteiger partial charge >= 0.3 is 0 Å². The molecule has 0 N–H and O–H groups in total. The van der Waals surface area contributed by atoms with E-state index in [-0.39, 0.29) is 5.91 Å². The Kier molecular flexibility index (Phi) is 6.12. The molecule has 2 aromatic rings. The van der Waals surface area contributed by atoms with Crippen molar-refractivity contribution >= 4 is 56.4 Å². The number of hydrogen-bond acceptors (Lipinski definition) is 1. The lowest BCUT2D eigenvalue weighted by molar-refractivity contribution is -0.117. The molecule has 5 heteroatoms. The van der Waals surface area contributed by atoms with E-state index in [2.05, 4.69) is 27.8 Å². The number of benzene rings is 2. The van der Waals surface area contributed by atoms with Crippen LogP contribution in [0.5, 0.6) is 0 Å². The molecule has 0 heterocycles. The van der Waals surface area contributed by atoms with Gasteiger partial charge in [-0.2, -0.15) is 0 Å². The van der Waals surface area contributed by atoms with E-state index in [9.17, 15) is 4.79 Å². The predicted molar refractivity (Wildman–Crippen MR) is 101 cm³/mol. The first-order valence-corrected chi connectivity index (χ1v) is 8.50. The van der Waals surface area contributed by atoms with Crippen molar-refractivity contribution in [2.45, 2.75) is 19.2 Å². The fourth-order valence-corrected chi connectivity index (χ4v) is 2.66. The fraction of sp³-hybridized carbons (Fsp3) is 0.167. The van der Waals surface area contributed by atoms with Crippen LogP contribution in [0.4, 0.5) is 11.4 Å². The highest BCUT2D eigenvalue weighted by Gasteiger charge is 2.24. The number of carbonyl (C=O) groups excluding carboxylic acids is 1. The van der Waals surface area contributed by atoms with Gasteiger partial charge in [-0.3, -0.25) is 9.69 Å². The van der Waals surface area contributed by atoms with E-state index in [1.54, 1.807) is 43.0 Å². The van der Waals surface area contributed by atoms with Crippen LogP contribution in [-0.4, -0.2) is 11.3 Å². The summed E-state index contributed by atoms with van der Waals surface area (Å²) in [6.07, 6.45) is 0. The number of nitrogens with zero attached hydrogens (tertiary/aromatic N) is 1. The van der Waals surface area contributed by atoms with E-state index in [4.69, 9.17) is 23.2 Å². The first-order chi connectivity index (χ1) is 10.9. The SMILES string of the molecule is CC#Cc1ccc(Br)cc1N(C(=O)C(C)Cl)c1ccc(Cl)cc1. The maximum atomic E-state index is 12.7. The Hall–Kier alpha value is -1.47. The van der Waals surface area contributed by atoms with E-state index in [0.717, 1.165) is 10.0 Å². The minimum Gasteiger partial charge on any atom is -0.278 e. The zero-order chi connectivity index (χ0) is 17.0. The van der Waals surface area contributed by atoms with Crippen molar-refractivity contribution in [2.24, 2.45) is 0 Å². The average Bonchev–Trinajstić information content (AvgIpc) is 2.52. The van der Waals surface area contributed by atoms with Gasteiger partial charge < -0.3 is 0 Å². The summed E-state index contributed by atoms with van der Waals surface area (Å²) >= 11 is 15.5. The predicted octanol–water partition coefficient (Wildman–Crippen LogP) is 5.77. The molecule has 0 fully saturated rings. The molecule has 2 nitrogen and oxygen atoms in total. The number of alkyl halides is 1. The molecule has 0 aliphatic carbocycles. The fourth-order valence-electron chi connectivity index (χ4n) is 2.08. The van der Waals surface area contributed by atoms with Gasteiger partial charge in [-0.05, 0) is 56.3 Å². The van der Waals surface area contributed by atoms with Gasteiger partial charge in [0, 0.05) is 20.7 Å². The summed E-state index contributed by atoms with van der Waals surface area (Å²) < 4.78 is 0.850. The first kappa shape index (κ1) is 17.9. The van der Waals surface area contributed by atoms with E-state index in [0.29, 0.717) is 16.4 Å². The van der Waals surface area contributed by atoms with E-state index >= 15 is 0 Å². The van der Waals surface area contributed by atoms with Gasteiger partial charge in [-0.25, -0.2) is 0 Å². The van der Waals surface area contributed by atoms with Crippen molar-refractivity contribution in [1.82, 2.24) is 0 Å². The summed E-state index contributed by atoms with van der Waals surface area (Å²) in [6.45, 7) is 3.40. The third-order valence-corrected chi connectivity index (χ3v) is 4.04. The number of amides is 1. The summed E-state index contributed by atoms with van der Waals surface area (Å²) in [4.78, 5) is 14.3. The van der Waals surface area contributed by atoms with Crippen molar-refractivity contribution in [2.75, 3.05) is 4.90 Å². The molecule has 2 aromatic carbocycles. The molecule has 1 amide bonds. The van der Waals surface area contributed by atoms with Crippen LogP contribution in [0.2, 0.25) is 5.02 Å². The molecule has 118 valence electrons. The second-order valence-electron chi connectivity index (χ2n) is 4.80. The second kappa shape index (κ2) is 7.88. The van der Waals surface area contributed by atoms with Gasteiger partial charge in [0.1, 0.15) is 5.38 Å². The van der Waals surface area contributed by atoms with Gasteiger partial charge in [0.15, 0.2) is 0 Å². The number of hydrogen-bond donors (Lipinski definition) is 0. The Morgan fingerprint density at radius 2 is 1.87 bits per heavy atom. The lowest BCUT2D eigenvalue weighted by Gasteiger charge is -2.25. The Labute approximate surface area is 154 Å². The van der Waals surface area contributed by atoms with E-state index < -0.39 is 5.38 Å². The molecule has 23 heavy (non-hydrogen) atoms. The summed E-state index contributed by atoms with van der Waals surface area (Å²) in [5.74, 6) is 5.66. The number of halogens is 3. The normalized spacial score (nSPS) is 11.3. The Balaban J connectivity index is 2.66. The highest BCUT2D eigenvalue weighted by atomic mass is 79.9.